The van der Waals surface area contributed by atoms with Crippen molar-refractivity contribution in [2.75, 3.05) is 11.5 Å². The smallest absolute Gasteiger partial charge is 0.397 e. The Bertz CT molecular complexity index is 1630. The third-order valence-electron chi connectivity index (χ3n) is 7.66. The van der Waals surface area contributed by atoms with E-state index >= 15 is 0 Å². The Hall–Kier alpha value is -3.27. The molecule has 5 rings (SSSR count). The van der Waals surface area contributed by atoms with E-state index in [-0.39, 0.29) is 47.3 Å². The van der Waals surface area contributed by atoms with Gasteiger partial charge in [0, 0.05) is 31.0 Å². The van der Waals surface area contributed by atoms with Gasteiger partial charge in [-0.25, -0.2) is 22.4 Å². The van der Waals surface area contributed by atoms with E-state index in [0.717, 1.165) is 18.2 Å². The number of aromatic nitrogens is 5. The summed E-state index contributed by atoms with van der Waals surface area (Å²) in [5.41, 5.74) is -2.25. The van der Waals surface area contributed by atoms with Gasteiger partial charge in [0.2, 0.25) is 5.88 Å². The lowest BCUT2D eigenvalue weighted by molar-refractivity contribution is -0.219. The molecule has 0 N–H and O–H groups in total. The van der Waals surface area contributed by atoms with Crippen LogP contribution < -0.4 is 9.64 Å². The summed E-state index contributed by atoms with van der Waals surface area (Å²) in [5.74, 6) is -0.351. The fourth-order valence-corrected chi connectivity index (χ4v) is 7.36. The quantitative estimate of drug-likeness (QED) is 0.399. The third-order valence-corrected chi connectivity index (χ3v) is 9.52. The number of aryl methyl sites for hydroxylation is 2. The number of nitrogens with zero attached hydrogens (tertiary/aromatic N) is 7. The molecule has 0 bridgehead atoms. The van der Waals surface area contributed by atoms with Crippen molar-refractivity contribution in [3.8, 4) is 11.7 Å². The van der Waals surface area contributed by atoms with Gasteiger partial charge in [0.1, 0.15) is 23.5 Å². The first kappa shape index (κ1) is 31.7. The second-order valence-corrected chi connectivity index (χ2v) is 13.7. The molecule has 230 valence electrons. The molecule has 0 aliphatic carbocycles. The zero-order chi connectivity index (χ0) is 30.3. The van der Waals surface area contributed by atoms with Crippen LogP contribution in [0.15, 0.2) is 35.5 Å². The molecular formula is C26H34F3N7O4S2. The van der Waals surface area contributed by atoms with Crippen LogP contribution in [0, 0.1) is 18.3 Å². The molecule has 0 aromatic carbocycles. The van der Waals surface area contributed by atoms with Gasteiger partial charge in [-0.1, -0.05) is 6.92 Å². The summed E-state index contributed by atoms with van der Waals surface area (Å²) < 4.78 is 76.5. The molecule has 11 nitrogen and oxygen atoms in total. The van der Waals surface area contributed by atoms with Gasteiger partial charge in [-0.2, -0.15) is 31.8 Å². The van der Waals surface area contributed by atoms with Gasteiger partial charge in [0.05, 0.1) is 16.7 Å². The number of hydrogen-bond donors (Lipinski definition) is 0. The topological polar surface area (TPSA) is 115 Å². The Morgan fingerprint density at radius 2 is 1.81 bits per heavy atom. The molecule has 3 aromatic rings. The van der Waals surface area contributed by atoms with E-state index < -0.39 is 45.8 Å². The molecule has 0 radical (unpaired) electrons. The van der Waals surface area contributed by atoms with Gasteiger partial charge in [-0.15, -0.1) is 5.10 Å². The Morgan fingerprint density at radius 3 is 2.40 bits per heavy atom. The number of ether oxygens (including phenoxy) is 1. The Labute approximate surface area is 249 Å². The minimum Gasteiger partial charge on any atom is -0.476 e. The van der Waals surface area contributed by atoms with E-state index in [4.69, 9.17) is 9.72 Å². The maximum absolute atomic E-state index is 13.9. The average Bonchev–Trinajstić information content (AvgIpc) is 3.52. The van der Waals surface area contributed by atoms with Crippen molar-refractivity contribution in [2.24, 2.45) is 18.4 Å². The highest BCUT2D eigenvalue weighted by Crippen LogP contribution is 2.48. The number of amides is 1. The minimum atomic E-state index is -4.45. The zero-order valence-electron chi connectivity index (χ0n) is 24.3. The summed E-state index contributed by atoms with van der Waals surface area (Å²) in [6.07, 6.45) is -1.82. The van der Waals surface area contributed by atoms with Gasteiger partial charge in [0.25, 0.3) is 15.9 Å². The molecule has 2 aliphatic rings. The van der Waals surface area contributed by atoms with Crippen molar-refractivity contribution in [2.45, 2.75) is 70.7 Å². The molecular weight excluding hydrogens is 595 g/mol. The maximum Gasteiger partial charge on any atom is 0.397 e. The zero-order valence-corrected chi connectivity index (χ0v) is 26.1. The summed E-state index contributed by atoms with van der Waals surface area (Å²) in [5, 5.41) is 8.38. The van der Waals surface area contributed by atoms with Crippen LogP contribution in [0.2, 0.25) is 0 Å². The van der Waals surface area contributed by atoms with E-state index in [9.17, 15) is 26.4 Å². The molecule has 3 aromatic heterocycles. The SMILES string of the molecule is Cc1nn(C)cc1S(=O)(=O)N1C(=O)c2ccc(-n3ccc(OCC(C)(C)C(F)(F)F)n3)nc2N2C1[C@@H](C)CC2(C)C.S. The van der Waals surface area contributed by atoms with Crippen LogP contribution >= 0.6 is 13.5 Å². The highest BCUT2D eigenvalue weighted by Gasteiger charge is 2.56. The standard InChI is InChI=1S/C26H32F3N7O4S.H2S/c1-15-12-25(5,6)35-21-17(23(37)36(22(15)35)41(38,39)18-13-33(7)31-16(18)2)8-9-19(30-21)34-11-10-20(32-34)40-14-24(3,4)26(27,28)29;/h8-11,13,15,22H,12,14H2,1-7H3;1H2/t15-,22?;/m0./s1. The monoisotopic (exact) mass is 629 g/mol. The molecule has 42 heavy (non-hydrogen) atoms. The number of fused-ring (bicyclic) bond motifs is 3. The van der Waals surface area contributed by atoms with Crippen LogP contribution in [0.3, 0.4) is 0 Å². The summed E-state index contributed by atoms with van der Waals surface area (Å²) in [6, 6.07) is 4.41. The van der Waals surface area contributed by atoms with Crippen LogP contribution in [0.25, 0.3) is 5.82 Å². The first-order valence-corrected chi connectivity index (χ1v) is 14.4. The van der Waals surface area contributed by atoms with Crippen molar-refractivity contribution >= 4 is 35.2 Å². The third kappa shape index (κ3) is 5.01. The highest BCUT2D eigenvalue weighted by molar-refractivity contribution is 7.89. The first-order valence-electron chi connectivity index (χ1n) is 13.0. The van der Waals surface area contributed by atoms with Crippen LogP contribution in [-0.4, -0.2) is 67.7 Å². The predicted octanol–water partition coefficient (Wildman–Crippen LogP) is 4.18. The van der Waals surface area contributed by atoms with Crippen LogP contribution in [-0.2, 0) is 17.1 Å². The van der Waals surface area contributed by atoms with E-state index in [2.05, 4.69) is 10.2 Å². The molecule has 0 spiro atoms. The van der Waals surface area contributed by atoms with Gasteiger partial charge < -0.3 is 9.64 Å². The molecule has 1 amide bonds. The van der Waals surface area contributed by atoms with Gasteiger partial charge in [-0.3, -0.25) is 9.48 Å². The van der Waals surface area contributed by atoms with Crippen molar-refractivity contribution in [1.29, 1.82) is 0 Å². The van der Waals surface area contributed by atoms with E-state index in [0.29, 0.717) is 12.2 Å². The Balaban J connectivity index is 0.00000405. The van der Waals surface area contributed by atoms with Crippen LogP contribution in [0.1, 0.15) is 57.1 Å². The normalized spacial score (nSPS) is 20.3. The number of sulfonamides is 1. The van der Waals surface area contributed by atoms with Gasteiger partial charge in [-0.05, 0) is 59.1 Å². The molecule has 16 heteroatoms. The summed E-state index contributed by atoms with van der Waals surface area (Å²) >= 11 is 0. The van der Waals surface area contributed by atoms with Crippen molar-refractivity contribution in [3.63, 3.8) is 0 Å². The van der Waals surface area contributed by atoms with Gasteiger partial charge >= 0.3 is 6.18 Å². The van der Waals surface area contributed by atoms with E-state index in [1.807, 2.05) is 25.7 Å². The molecule has 1 saturated heterocycles. The summed E-state index contributed by atoms with van der Waals surface area (Å²) in [7, 11) is -2.66. The summed E-state index contributed by atoms with van der Waals surface area (Å²) in [6.45, 7) is 8.85. The van der Waals surface area contributed by atoms with Gasteiger partial charge in [0.15, 0.2) is 5.82 Å². The number of hydrogen-bond acceptors (Lipinski definition) is 8. The number of rotatable bonds is 6. The number of anilines is 1. The molecule has 1 fully saturated rings. The van der Waals surface area contributed by atoms with Crippen molar-refractivity contribution in [3.05, 3.63) is 41.9 Å². The number of carbonyl (C=O) groups is 1. The number of carbonyl (C=O) groups excluding carboxylic acids is 1. The lowest BCUT2D eigenvalue weighted by Crippen LogP contribution is -2.60. The second kappa shape index (κ2) is 10.2. The number of pyridine rings is 1. The van der Waals surface area contributed by atoms with Crippen molar-refractivity contribution < 1.29 is 31.1 Å². The predicted molar refractivity (Wildman–Crippen MR) is 152 cm³/mol. The molecule has 0 saturated carbocycles. The molecule has 1 unspecified atom stereocenters. The fraction of sp³-hybridized carbons (Fsp3) is 0.538. The average molecular weight is 630 g/mol. The maximum atomic E-state index is 13.9. The lowest BCUT2D eigenvalue weighted by Gasteiger charge is -2.45. The first-order chi connectivity index (χ1) is 18.8. The lowest BCUT2D eigenvalue weighted by atomic mass is 9.94. The second-order valence-electron chi connectivity index (χ2n) is 11.9. The molecule has 2 aliphatic heterocycles. The Kier molecular flexibility index (Phi) is 7.67. The number of halogens is 3. The largest absolute Gasteiger partial charge is 0.476 e. The number of alkyl halides is 3. The molecule has 5 heterocycles. The highest BCUT2D eigenvalue weighted by atomic mass is 32.2. The van der Waals surface area contributed by atoms with E-state index in [1.165, 1.54) is 40.0 Å². The minimum absolute atomic E-state index is 0. The summed E-state index contributed by atoms with van der Waals surface area (Å²) in [4.78, 5) is 20.4. The van der Waals surface area contributed by atoms with E-state index in [1.54, 1.807) is 14.0 Å². The van der Waals surface area contributed by atoms with Crippen molar-refractivity contribution in [1.82, 2.24) is 28.9 Å². The Morgan fingerprint density at radius 1 is 1.14 bits per heavy atom. The van der Waals surface area contributed by atoms with Crippen LogP contribution in [0.4, 0.5) is 19.0 Å². The fourth-order valence-electron chi connectivity index (χ4n) is 5.54. The molecule has 2 atom stereocenters. The van der Waals surface area contributed by atoms with Crippen LogP contribution in [0.5, 0.6) is 5.88 Å².